The van der Waals surface area contributed by atoms with Crippen LogP contribution in [0.2, 0.25) is 5.02 Å². The Morgan fingerprint density at radius 3 is 2.70 bits per heavy atom. The van der Waals surface area contributed by atoms with Gasteiger partial charge in [0.05, 0.1) is 6.61 Å². The topological polar surface area (TPSA) is 47.6 Å². The lowest BCUT2D eigenvalue weighted by Crippen LogP contribution is -2.42. The van der Waals surface area contributed by atoms with Crippen LogP contribution in [0, 0.1) is 0 Å². The summed E-state index contributed by atoms with van der Waals surface area (Å²) in [5.74, 6) is 1.27. The molecule has 1 amide bonds. The van der Waals surface area contributed by atoms with E-state index >= 15 is 0 Å². The fraction of sp³-hybridized carbons (Fsp3) is 0.278. The first kappa shape index (κ1) is 15.7. The van der Waals surface area contributed by atoms with Crippen LogP contribution in [0.1, 0.15) is 19.4 Å². The van der Waals surface area contributed by atoms with Gasteiger partial charge in [0.2, 0.25) is 0 Å². The van der Waals surface area contributed by atoms with Crippen molar-refractivity contribution >= 4 is 23.2 Å². The van der Waals surface area contributed by atoms with Gasteiger partial charge >= 0.3 is 0 Å². The molecule has 0 bridgehead atoms. The highest BCUT2D eigenvalue weighted by Gasteiger charge is 2.30. The van der Waals surface area contributed by atoms with E-state index in [4.69, 9.17) is 21.1 Å². The molecule has 5 heteroatoms. The van der Waals surface area contributed by atoms with Crippen LogP contribution in [0.4, 0.5) is 5.69 Å². The minimum absolute atomic E-state index is 0.216. The zero-order chi connectivity index (χ0) is 16.4. The second-order valence-electron chi connectivity index (χ2n) is 5.94. The quantitative estimate of drug-likeness (QED) is 0.918. The number of hydrogen-bond acceptors (Lipinski definition) is 3. The highest BCUT2D eigenvalue weighted by Crippen LogP contribution is 2.28. The van der Waals surface area contributed by atoms with Crippen molar-refractivity contribution in [3.8, 4) is 11.5 Å². The zero-order valence-electron chi connectivity index (χ0n) is 13.1. The van der Waals surface area contributed by atoms with Crippen molar-refractivity contribution in [2.75, 3.05) is 11.9 Å². The molecule has 1 aliphatic heterocycles. The molecule has 2 aromatic rings. The number of carbonyl (C=O) groups is 1. The van der Waals surface area contributed by atoms with Gasteiger partial charge in [-0.25, -0.2) is 0 Å². The number of amides is 1. The van der Waals surface area contributed by atoms with Crippen molar-refractivity contribution in [2.24, 2.45) is 0 Å². The average molecular weight is 332 g/mol. The summed E-state index contributed by atoms with van der Waals surface area (Å²) >= 11 is 5.85. The fourth-order valence-corrected chi connectivity index (χ4v) is 2.52. The molecule has 0 atom stereocenters. The molecular weight excluding hydrogens is 314 g/mol. The molecule has 0 aliphatic carbocycles. The summed E-state index contributed by atoms with van der Waals surface area (Å²) in [5, 5.41) is 3.52. The van der Waals surface area contributed by atoms with Crippen LogP contribution in [0.25, 0.3) is 0 Å². The van der Waals surface area contributed by atoms with Crippen LogP contribution in [0.3, 0.4) is 0 Å². The van der Waals surface area contributed by atoms with Crippen LogP contribution in [-0.4, -0.2) is 18.1 Å². The lowest BCUT2D eigenvalue weighted by molar-refractivity contribution is -0.128. The Hall–Kier alpha value is -2.20. The van der Waals surface area contributed by atoms with Crippen molar-refractivity contribution in [3.05, 3.63) is 53.1 Å². The van der Waals surface area contributed by atoms with Crippen molar-refractivity contribution < 1.29 is 14.3 Å². The van der Waals surface area contributed by atoms with E-state index in [0.717, 1.165) is 23.4 Å². The molecular formula is C18H18ClNO3. The predicted octanol–water partition coefficient (Wildman–Crippen LogP) is 4.07. The summed E-state index contributed by atoms with van der Waals surface area (Å²) < 4.78 is 11.3. The van der Waals surface area contributed by atoms with Gasteiger partial charge < -0.3 is 14.8 Å². The average Bonchev–Trinajstić information content (AvgIpc) is 2.97. The number of ether oxygens (including phenoxy) is 2. The van der Waals surface area contributed by atoms with Gasteiger partial charge in [-0.2, -0.15) is 0 Å². The Kier molecular flexibility index (Phi) is 4.18. The molecule has 120 valence electrons. The number of fused-ring (bicyclic) bond motifs is 1. The lowest BCUT2D eigenvalue weighted by atomic mass is 10.1. The second-order valence-corrected chi connectivity index (χ2v) is 6.38. The molecule has 0 radical (unpaired) electrons. The van der Waals surface area contributed by atoms with E-state index in [2.05, 4.69) is 5.32 Å². The van der Waals surface area contributed by atoms with E-state index in [1.807, 2.05) is 18.2 Å². The lowest BCUT2D eigenvalue weighted by Gasteiger charge is -2.25. The molecule has 2 aromatic carbocycles. The Balaban J connectivity index is 1.69. The summed E-state index contributed by atoms with van der Waals surface area (Å²) in [6.45, 7) is 4.15. The third kappa shape index (κ3) is 3.59. The summed E-state index contributed by atoms with van der Waals surface area (Å²) in [7, 11) is 0. The van der Waals surface area contributed by atoms with Crippen LogP contribution in [0.5, 0.6) is 11.5 Å². The molecule has 23 heavy (non-hydrogen) atoms. The molecule has 0 saturated carbocycles. The van der Waals surface area contributed by atoms with Gasteiger partial charge in [-0.05, 0) is 61.9 Å². The molecule has 3 rings (SSSR count). The maximum atomic E-state index is 12.5. The molecule has 0 fully saturated rings. The molecule has 0 unspecified atom stereocenters. The monoisotopic (exact) mass is 331 g/mol. The van der Waals surface area contributed by atoms with Gasteiger partial charge in [-0.1, -0.05) is 11.6 Å². The van der Waals surface area contributed by atoms with Crippen LogP contribution < -0.4 is 14.8 Å². The number of halogens is 1. The molecule has 1 heterocycles. The third-order valence-corrected chi connectivity index (χ3v) is 3.93. The van der Waals surface area contributed by atoms with E-state index < -0.39 is 5.60 Å². The van der Waals surface area contributed by atoms with Crippen molar-refractivity contribution in [1.29, 1.82) is 0 Å². The predicted molar refractivity (Wildman–Crippen MR) is 90.4 cm³/mol. The Morgan fingerprint density at radius 2 is 1.96 bits per heavy atom. The molecule has 1 aliphatic rings. The van der Waals surface area contributed by atoms with Gasteiger partial charge in [0.1, 0.15) is 11.5 Å². The first-order valence-corrected chi connectivity index (χ1v) is 7.84. The van der Waals surface area contributed by atoms with Crippen LogP contribution >= 0.6 is 11.6 Å². The number of carbonyl (C=O) groups excluding carboxylic acids is 1. The Morgan fingerprint density at radius 1 is 1.22 bits per heavy atom. The van der Waals surface area contributed by atoms with Gasteiger partial charge in [0.15, 0.2) is 5.60 Å². The van der Waals surface area contributed by atoms with E-state index in [1.54, 1.807) is 38.1 Å². The third-order valence-electron chi connectivity index (χ3n) is 3.68. The van der Waals surface area contributed by atoms with Crippen molar-refractivity contribution in [2.45, 2.75) is 25.9 Å². The van der Waals surface area contributed by atoms with E-state index in [0.29, 0.717) is 17.4 Å². The molecule has 4 nitrogen and oxygen atoms in total. The van der Waals surface area contributed by atoms with Crippen molar-refractivity contribution in [3.63, 3.8) is 0 Å². The SMILES string of the molecule is CC(C)(Oc1ccc(Cl)cc1)C(=O)Nc1ccc2c(c1)CCO2. The first-order valence-electron chi connectivity index (χ1n) is 7.46. The smallest absolute Gasteiger partial charge is 0.267 e. The fourth-order valence-electron chi connectivity index (χ4n) is 2.39. The van der Waals surface area contributed by atoms with Crippen LogP contribution in [-0.2, 0) is 11.2 Å². The highest BCUT2D eigenvalue weighted by molar-refractivity contribution is 6.30. The summed E-state index contributed by atoms with van der Waals surface area (Å²) in [6, 6.07) is 12.6. The van der Waals surface area contributed by atoms with Gasteiger partial charge in [0.25, 0.3) is 5.91 Å². The summed E-state index contributed by atoms with van der Waals surface area (Å²) in [6.07, 6.45) is 0.865. The molecule has 0 saturated heterocycles. The van der Waals surface area contributed by atoms with Crippen molar-refractivity contribution in [1.82, 2.24) is 0 Å². The Labute approximate surface area is 140 Å². The largest absolute Gasteiger partial charge is 0.493 e. The van der Waals surface area contributed by atoms with E-state index in [-0.39, 0.29) is 5.91 Å². The Bertz CT molecular complexity index is 726. The number of rotatable bonds is 4. The number of nitrogens with one attached hydrogen (secondary N) is 1. The number of hydrogen-bond donors (Lipinski definition) is 1. The minimum Gasteiger partial charge on any atom is -0.493 e. The van der Waals surface area contributed by atoms with E-state index in [1.165, 1.54) is 0 Å². The number of anilines is 1. The molecule has 0 aromatic heterocycles. The standard InChI is InChI=1S/C18H18ClNO3/c1-18(2,23-15-6-3-13(19)4-7-15)17(21)20-14-5-8-16-12(11-14)9-10-22-16/h3-8,11H,9-10H2,1-2H3,(H,20,21). The molecule has 0 spiro atoms. The summed E-state index contributed by atoms with van der Waals surface area (Å²) in [4.78, 5) is 12.5. The highest BCUT2D eigenvalue weighted by atomic mass is 35.5. The maximum absolute atomic E-state index is 12.5. The first-order chi connectivity index (χ1) is 10.9. The zero-order valence-corrected chi connectivity index (χ0v) is 13.8. The maximum Gasteiger partial charge on any atom is 0.267 e. The van der Waals surface area contributed by atoms with Gasteiger partial charge in [-0.15, -0.1) is 0 Å². The summed E-state index contributed by atoms with van der Waals surface area (Å²) in [5.41, 5.74) is 0.842. The van der Waals surface area contributed by atoms with Crippen LogP contribution in [0.15, 0.2) is 42.5 Å². The number of benzene rings is 2. The normalized spacial score (nSPS) is 13.2. The van der Waals surface area contributed by atoms with E-state index in [9.17, 15) is 4.79 Å². The molecule has 1 N–H and O–H groups in total. The second kappa shape index (κ2) is 6.13. The van der Waals surface area contributed by atoms with Gasteiger partial charge in [-0.3, -0.25) is 4.79 Å². The van der Waals surface area contributed by atoms with Gasteiger partial charge in [0, 0.05) is 17.1 Å². The minimum atomic E-state index is -1.01.